The molecule has 1 aromatic heterocycles. The van der Waals surface area contributed by atoms with Crippen LogP contribution in [-0.4, -0.2) is 56.8 Å². The van der Waals surface area contributed by atoms with E-state index in [0.717, 1.165) is 56.0 Å². The Morgan fingerprint density at radius 2 is 1.96 bits per heavy atom. The smallest absolute Gasteiger partial charge is 0.252 e. The van der Waals surface area contributed by atoms with Crippen molar-refractivity contribution in [1.29, 1.82) is 0 Å². The molecule has 27 heavy (non-hydrogen) atoms. The number of nitrogens with one attached hydrogen (secondary N) is 1. The Balaban J connectivity index is 0.00000364. The second kappa shape index (κ2) is 12.2. The lowest BCUT2D eigenvalue weighted by Crippen LogP contribution is -2.39. The molecule has 0 atom stereocenters. The molecule has 6 nitrogen and oxygen atoms in total. The summed E-state index contributed by atoms with van der Waals surface area (Å²) in [5, 5.41) is 3.30. The standard InChI is InChI=1S/C18H32N4O2S2.HI/c1-4-6-12-21(3)18(19-5-2)20-15-16-10-11-17(25-16)26(23,24)22-13-8-7-9-14-22;/h10-11H,4-9,12-15H2,1-3H3,(H,19,20);1H. The maximum atomic E-state index is 12.7. The van der Waals surface area contributed by atoms with E-state index < -0.39 is 10.0 Å². The molecule has 9 heteroatoms. The molecule has 0 saturated carbocycles. The summed E-state index contributed by atoms with van der Waals surface area (Å²) in [6.07, 6.45) is 5.30. The summed E-state index contributed by atoms with van der Waals surface area (Å²) < 4.78 is 27.6. The van der Waals surface area contributed by atoms with Gasteiger partial charge in [0.05, 0.1) is 6.54 Å². The van der Waals surface area contributed by atoms with Gasteiger partial charge in [-0.25, -0.2) is 13.4 Å². The van der Waals surface area contributed by atoms with Crippen LogP contribution in [-0.2, 0) is 16.6 Å². The molecule has 0 bridgehead atoms. The fraction of sp³-hybridized carbons (Fsp3) is 0.722. The van der Waals surface area contributed by atoms with Crippen molar-refractivity contribution < 1.29 is 8.42 Å². The molecule has 156 valence electrons. The fourth-order valence-electron chi connectivity index (χ4n) is 2.94. The Labute approximate surface area is 185 Å². The van der Waals surface area contributed by atoms with E-state index in [9.17, 15) is 8.42 Å². The minimum Gasteiger partial charge on any atom is -0.357 e. The van der Waals surface area contributed by atoms with Crippen molar-refractivity contribution in [3.63, 3.8) is 0 Å². The summed E-state index contributed by atoms with van der Waals surface area (Å²) in [6, 6.07) is 3.62. The van der Waals surface area contributed by atoms with Crippen molar-refractivity contribution >= 4 is 51.3 Å². The molecule has 0 radical (unpaired) electrons. The summed E-state index contributed by atoms with van der Waals surface area (Å²) in [7, 11) is -1.30. The second-order valence-corrected chi connectivity index (χ2v) is 9.96. The highest BCUT2D eigenvalue weighted by Gasteiger charge is 2.27. The molecule has 2 heterocycles. The van der Waals surface area contributed by atoms with Crippen molar-refractivity contribution in [3.8, 4) is 0 Å². The number of unbranched alkanes of at least 4 members (excludes halogenated alkanes) is 1. The van der Waals surface area contributed by atoms with E-state index in [0.29, 0.717) is 23.8 Å². The lowest BCUT2D eigenvalue weighted by molar-refractivity contribution is 0.347. The fourth-order valence-corrected chi connectivity index (χ4v) is 5.89. The summed E-state index contributed by atoms with van der Waals surface area (Å²) >= 11 is 1.34. The zero-order chi connectivity index (χ0) is 19.0. The lowest BCUT2D eigenvalue weighted by Gasteiger charge is -2.25. The van der Waals surface area contributed by atoms with Crippen LogP contribution in [0.4, 0.5) is 0 Å². The monoisotopic (exact) mass is 528 g/mol. The third-order valence-corrected chi connectivity index (χ3v) is 7.91. The Morgan fingerprint density at radius 1 is 1.26 bits per heavy atom. The third-order valence-electron chi connectivity index (χ3n) is 4.47. The quantitative estimate of drug-likeness (QED) is 0.317. The van der Waals surface area contributed by atoms with Gasteiger partial charge in [-0.15, -0.1) is 35.3 Å². The van der Waals surface area contributed by atoms with Gasteiger partial charge in [-0.2, -0.15) is 4.31 Å². The molecule has 1 aromatic rings. The highest BCUT2D eigenvalue weighted by molar-refractivity contribution is 14.0. The van der Waals surface area contributed by atoms with E-state index in [1.807, 2.05) is 13.1 Å². The number of aliphatic imine (C=N–C) groups is 1. The highest BCUT2D eigenvalue weighted by Crippen LogP contribution is 2.27. The summed E-state index contributed by atoms with van der Waals surface area (Å²) in [5.41, 5.74) is 0. The van der Waals surface area contributed by atoms with Crippen molar-refractivity contribution in [1.82, 2.24) is 14.5 Å². The minimum atomic E-state index is -3.34. The van der Waals surface area contributed by atoms with Gasteiger partial charge >= 0.3 is 0 Å². The number of halogens is 1. The van der Waals surface area contributed by atoms with E-state index in [-0.39, 0.29) is 24.0 Å². The van der Waals surface area contributed by atoms with Gasteiger partial charge in [0, 0.05) is 38.1 Å². The predicted octanol–water partition coefficient (Wildman–Crippen LogP) is 3.74. The van der Waals surface area contributed by atoms with Crippen LogP contribution in [0, 0.1) is 0 Å². The predicted molar refractivity (Wildman–Crippen MR) is 125 cm³/mol. The first-order valence-electron chi connectivity index (χ1n) is 9.57. The Bertz CT molecular complexity index is 685. The zero-order valence-electron chi connectivity index (χ0n) is 16.6. The Kier molecular flexibility index (Phi) is 11.2. The molecule has 0 spiro atoms. The van der Waals surface area contributed by atoms with Crippen molar-refractivity contribution in [2.75, 3.05) is 33.2 Å². The summed E-state index contributed by atoms with van der Waals surface area (Å²) in [6.45, 7) is 7.78. The first-order valence-corrected chi connectivity index (χ1v) is 11.8. The number of rotatable bonds is 8. The lowest BCUT2D eigenvalue weighted by atomic mass is 10.2. The number of hydrogen-bond acceptors (Lipinski definition) is 4. The molecule has 0 amide bonds. The summed E-state index contributed by atoms with van der Waals surface area (Å²) in [5.74, 6) is 0.870. The number of hydrogen-bond donors (Lipinski definition) is 1. The van der Waals surface area contributed by atoms with Crippen LogP contribution in [0.25, 0.3) is 0 Å². The SMILES string of the molecule is CCCCN(C)C(=NCc1ccc(S(=O)(=O)N2CCCCC2)s1)NCC.I. The van der Waals surface area contributed by atoms with Crippen molar-refractivity contribution in [2.24, 2.45) is 4.99 Å². The van der Waals surface area contributed by atoms with Gasteiger partial charge in [0.2, 0.25) is 0 Å². The van der Waals surface area contributed by atoms with Gasteiger partial charge in [0.25, 0.3) is 10.0 Å². The molecule has 0 aliphatic carbocycles. The normalized spacial score (nSPS) is 16.0. The number of thiophene rings is 1. The van der Waals surface area contributed by atoms with Crippen LogP contribution in [0.1, 0.15) is 50.8 Å². The van der Waals surface area contributed by atoms with Gasteiger partial charge in [-0.3, -0.25) is 0 Å². The molecule has 1 saturated heterocycles. The molecule has 1 aliphatic rings. The van der Waals surface area contributed by atoms with E-state index in [1.165, 1.54) is 11.3 Å². The van der Waals surface area contributed by atoms with Crippen LogP contribution < -0.4 is 5.32 Å². The van der Waals surface area contributed by atoms with Crippen LogP contribution in [0.15, 0.2) is 21.3 Å². The maximum Gasteiger partial charge on any atom is 0.252 e. The van der Waals surface area contributed by atoms with Crippen molar-refractivity contribution in [2.45, 2.75) is 56.7 Å². The zero-order valence-corrected chi connectivity index (χ0v) is 20.6. The second-order valence-electron chi connectivity index (χ2n) is 6.63. The Hall–Kier alpha value is -0.390. The van der Waals surface area contributed by atoms with Gasteiger partial charge in [-0.05, 0) is 38.3 Å². The highest BCUT2D eigenvalue weighted by atomic mass is 127. The largest absolute Gasteiger partial charge is 0.357 e. The topological polar surface area (TPSA) is 65.0 Å². The van der Waals surface area contributed by atoms with Gasteiger partial charge in [0.15, 0.2) is 5.96 Å². The molecule has 1 fully saturated rings. The van der Waals surface area contributed by atoms with Crippen LogP contribution in [0.5, 0.6) is 0 Å². The summed E-state index contributed by atoms with van der Waals surface area (Å²) in [4.78, 5) is 7.78. The van der Waals surface area contributed by atoms with Crippen LogP contribution in [0.3, 0.4) is 0 Å². The van der Waals surface area contributed by atoms with E-state index in [1.54, 1.807) is 10.4 Å². The number of nitrogens with zero attached hydrogens (tertiary/aromatic N) is 3. The number of guanidine groups is 1. The molecule has 2 rings (SSSR count). The third kappa shape index (κ3) is 7.17. The molecule has 0 aromatic carbocycles. The average molecular weight is 529 g/mol. The van der Waals surface area contributed by atoms with E-state index in [4.69, 9.17) is 0 Å². The molecule has 1 N–H and O–H groups in total. The van der Waals surface area contributed by atoms with Crippen molar-refractivity contribution in [3.05, 3.63) is 17.0 Å². The minimum absolute atomic E-state index is 0. The van der Waals surface area contributed by atoms with E-state index in [2.05, 4.69) is 29.1 Å². The molecule has 0 unspecified atom stereocenters. The molecular weight excluding hydrogens is 495 g/mol. The molecular formula is C18H33IN4O2S2. The first kappa shape index (κ1) is 24.6. The average Bonchev–Trinajstić information content (AvgIpc) is 3.13. The van der Waals surface area contributed by atoms with Crippen LogP contribution in [0.2, 0.25) is 0 Å². The molecule has 1 aliphatic heterocycles. The van der Waals surface area contributed by atoms with Crippen LogP contribution >= 0.6 is 35.3 Å². The number of sulfonamides is 1. The van der Waals surface area contributed by atoms with Gasteiger partial charge < -0.3 is 10.2 Å². The number of piperidine rings is 1. The first-order chi connectivity index (χ1) is 12.5. The Morgan fingerprint density at radius 3 is 2.59 bits per heavy atom. The maximum absolute atomic E-state index is 12.7. The van der Waals surface area contributed by atoms with E-state index >= 15 is 0 Å². The van der Waals surface area contributed by atoms with Gasteiger partial charge in [0.1, 0.15) is 4.21 Å². The van der Waals surface area contributed by atoms with Gasteiger partial charge in [-0.1, -0.05) is 19.8 Å².